The fourth-order valence-electron chi connectivity index (χ4n) is 3.86. The molecule has 6 heteroatoms. The van der Waals surface area contributed by atoms with Gasteiger partial charge in [0, 0.05) is 19.3 Å². The Morgan fingerprint density at radius 1 is 1.25 bits per heavy atom. The molecule has 134 valence electrons. The fourth-order valence-corrected chi connectivity index (χ4v) is 3.86. The van der Waals surface area contributed by atoms with Crippen LogP contribution in [-0.2, 0) is 11.2 Å². The summed E-state index contributed by atoms with van der Waals surface area (Å²) >= 11 is 0. The van der Waals surface area contributed by atoms with Gasteiger partial charge in [-0.1, -0.05) is 18.6 Å². The van der Waals surface area contributed by atoms with E-state index in [9.17, 15) is 4.79 Å². The third-order valence-electron chi connectivity index (χ3n) is 5.54. The van der Waals surface area contributed by atoms with Gasteiger partial charge >= 0.3 is 0 Å². The zero-order valence-corrected chi connectivity index (χ0v) is 15.2. The van der Waals surface area contributed by atoms with Crippen LogP contribution in [0.1, 0.15) is 64.1 Å². The summed E-state index contributed by atoms with van der Waals surface area (Å²) in [4.78, 5) is 17.1. The number of aryl methyl sites for hydroxylation is 1. The molecule has 1 aromatic rings. The minimum absolute atomic E-state index is 0.0380. The van der Waals surface area contributed by atoms with Crippen molar-refractivity contribution in [2.75, 3.05) is 26.2 Å². The Morgan fingerprint density at radius 3 is 2.62 bits per heavy atom. The summed E-state index contributed by atoms with van der Waals surface area (Å²) < 4.78 is 2.02. The van der Waals surface area contributed by atoms with Crippen molar-refractivity contribution in [1.82, 2.24) is 24.8 Å². The zero-order valence-electron chi connectivity index (χ0n) is 15.2. The number of aromatic nitrogens is 3. The van der Waals surface area contributed by atoms with Gasteiger partial charge in [0.25, 0.3) is 0 Å². The first kappa shape index (κ1) is 17.4. The van der Waals surface area contributed by atoms with Gasteiger partial charge in [0.2, 0.25) is 5.91 Å². The number of hydrogen-bond donors (Lipinski definition) is 0. The van der Waals surface area contributed by atoms with Crippen molar-refractivity contribution < 1.29 is 4.79 Å². The van der Waals surface area contributed by atoms with Gasteiger partial charge in [-0.25, -0.2) is 4.68 Å². The second-order valence-electron chi connectivity index (χ2n) is 7.27. The summed E-state index contributed by atoms with van der Waals surface area (Å²) in [6.45, 7) is 8.08. The quantitative estimate of drug-likeness (QED) is 0.801. The summed E-state index contributed by atoms with van der Waals surface area (Å²) in [7, 11) is 0. The van der Waals surface area contributed by atoms with Crippen LogP contribution in [0, 0.1) is 0 Å². The first-order valence-corrected chi connectivity index (χ1v) is 9.62. The maximum atomic E-state index is 12.7. The number of unbranched alkanes of at least 4 members (excludes halogenated alkanes) is 1. The lowest BCUT2D eigenvalue weighted by molar-refractivity contribution is -0.137. The van der Waals surface area contributed by atoms with E-state index in [1.54, 1.807) is 0 Å². The molecular formula is C18H31N5O. The Balaban J connectivity index is 1.49. The van der Waals surface area contributed by atoms with Crippen molar-refractivity contribution in [3.8, 4) is 0 Å². The van der Waals surface area contributed by atoms with Gasteiger partial charge in [0.15, 0.2) is 0 Å². The number of hydrogen-bond acceptors (Lipinski definition) is 4. The van der Waals surface area contributed by atoms with Crippen LogP contribution in [0.15, 0.2) is 6.20 Å². The molecule has 2 fully saturated rings. The molecule has 1 atom stereocenters. The third kappa shape index (κ3) is 3.97. The van der Waals surface area contributed by atoms with Gasteiger partial charge in [-0.2, -0.15) is 0 Å². The maximum absolute atomic E-state index is 12.7. The van der Waals surface area contributed by atoms with Crippen LogP contribution in [0.5, 0.6) is 0 Å². The average Bonchev–Trinajstić information content (AvgIpc) is 3.30. The van der Waals surface area contributed by atoms with Crippen molar-refractivity contribution in [1.29, 1.82) is 0 Å². The van der Waals surface area contributed by atoms with Crippen LogP contribution >= 0.6 is 0 Å². The Hall–Kier alpha value is -1.43. The highest BCUT2D eigenvalue weighted by atomic mass is 16.2. The summed E-state index contributed by atoms with van der Waals surface area (Å²) in [5.74, 6) is 0.303. The topological polar surface area (TPSA) is 54.3 Å². The molecule has 0 aliphatic carbocycles. The second kappa shape index (κ2) is 8.10. The molecule has 3 heterocycles. The molecular weight excluding hydrogens is 302 g/mol. The predicted octanol–water partition coefficient (Wildman–Crippen LogP) is 2.27. The molecule has 2 saturated heterocycles. The highest BCUT2D eigenvalue weighted by Gasteiger charge is 2.31. The Labute approximate surface area is 145 Å². The van der Waals surface area contributed by atoms with Crippen LogP contribution in [0.3, 0.4) is 0 Å². The zero-order chi connectivity index (χ0) is 16.9. The first-order chi connectivity index (χ1) is 11.7. The molecule has 0 spiro atoms. The lowest BCUT2D eigenvalue weighted by Crippen LogP contribution is -2.48. The van der Waals surface area contributed by atoms with E-state index in [2.05, 4.69) is 40.2 Å². The minimum atomic E-state index is 0.0380. The van der Waals surface area contributed by atoms with Crippen LogP contribution in [0.2, 0.25) is 0 Å². The van der Waals surface area contributed by atoms with Crippen molar-refractivity contribution in [2.24, 2.45) is 0 Å². The Kier molecular flexibility index (Phi) is 5.87. The standard InChI is InChI=1S/C18H31N5O/c1-3-4-7-16-14-23(20-19-16)17-8-12-22(13-9-17)18(24)15(2)21-10-5-6-11-21/h14-15,17H,3-13H2,1-2H3/t15-/m1/s1. The molecule has 3 rings (SSSR count). The largest absolute Gasteiger partial charge is 0.341 e. The summed E-state index contributed by atoms with van der Waals surface area (Å²) in [6.07, 6.45) is 9.89. The minimum Gasteiger partial charge on any atom is -0.341 e. The molecule has 0 bridgehead atoms. The van der Waals surface area contributed by atoms with Crippen LogP contribution in [0.25, 0.3) is 0 Å². The number of carbonyl (C=O) groups is 1. The molecule has 0 radical (unpaired) electrons. The van der Waals surface area contributed by atoms with Gasteiger partial charge in [0.1, 0.15) is 0 Å². The van der Waals surface area contributed by atoms with Crippen molar-refractivity contribution in [3.05, 3.63) is 11.9 Å². The molecule has 0 unspecified atom stereocenters. The van der Waals surface area contributed by atoms with E-state index in [0.717, 1.165) is 51.1 Å². The van der Waals surface area contributed by atoms with Gasteiger partial charge < -0.3 is 4.90 Å². The SMILES string of the molecule is CCCCc1cn(C2CCN(C(=O)[C@@H](C)N3CCCC3)CC2)nn1. The highest BCUT2D eigenvalue weighted by Crippen LogP contribution is 2.23. The van der Waals surface area contributed by atoms with Gasteiger partial charge in [-0.15, -0.1) is 5.10 Å². The highest BCUT2D eigenvalue weighted by molar-refractivity contribution is 5.81. The van der Waals surface area contributed by atoms with Crippen molar-refractivity contribution in [3.63, 3.8) is 0 Å². The molecule has 1 amide bonds. The second-order valence-corrected chi connectivity index (χ2v) is 7.27. The number of piperidine rings is 1. The summed E-state index contributed by atoms with van der Waals surface area (Å²) in [6, 6.07) is 0.426. The number of likely N-dealkylation sites (tertiary alicyclic amines) is 2. The van der Waals surface area contributed by atoms with Crippen LogP contribution in [-0.4, -0.2) is 62.9 Å². The van der Waals surface area contributed by atoms with Gasteiger partial charge in [-0.3, -0.25) is 9.69 Å². The van der Waals surface area contributed by atoms with E-state index in [1.807, 2.05) is 4.68 Å². The van der Waals surface area contributed by atoms with Crippen molar-refractivity contribution >= 4 is 5.91 Å². The van der Waals surface area contributed by atoms with Crippen molar-refractivity contribution in [2.45, 2.75) is 70.9 Å². The third-order valence-corrected chi connectivity index (χ3v) is 5.54. The van der Waals surface area contributed by atoms with Crippen LogP contribution in [0.4, 0.5) is 0 Å². The van der Waals surface area contributed by atoms with E-state index >= 15 is 0 Å². The molecule has 0 aromatic carbocycles. The fraction of sp³-hybridized carbons (Fsp3) is 0.833. The maximum Gasteiger partial charge on any atom is 0.239 e. The predicted molar refractivity (Wildman–Crippen MR) is 93.8 cm³/mol. The summed E-state index contributed by atoms with van der Waals surface area (Å²) in [5, 5.41) is 8.61. The average molecular weight is 333 g/mol. The Morgan fingerprint density at radius 2 is 1.96 bits per heavy atom. The van der Waals surface area contributed by atoms with E-state index in [4.69, 9.17) is 0 Å². The molecule has 6 nitrogen and oxygen atoms in total. The Bertz CT molecular complexity index is 529. The van der Waals surface area contributed by atoms with E-state index in [1.165, 1.54) is 25.7 Å². The van der Waals surface area contributed by atoms with Crippen LogP contribution < -0.4 is 0 Å². The lowest BCUT2D eigenvalue weighted by Gasteiger charge is -2.35. The molecule has 2 aliphatic rings. The normalized spacial score (nSPS) is 21.3. The molecule has 0 N–H and O–H groups in total. The van der Waals surface area contributed by atoms with Gasteiger partial charge in [0.05, 0.1) is 17.8 Å². The molecule has 2 aliphatic heterocycles. The molecule has 24 heavy (non-hydrogen) atoms. The van der Waals surface area contributed by atoms with Gasteiger partial charge in [-0.05, 0) is 58.5 Å². The number of rotatable bonds is 6. The monoisotopic (exact) mass is 333 g/mol. The lowest BCUT2D eigenvalue weighted by atomic mass is 10.0. The first-order valence-electron chi connectivity index (χ1n) is 9.62. The number of amides is 1. The number of nitrogens with zero attached hydrogens (tertiary/aromatic N) is 5. The smallest absolute Gasteiger partial charge is 0.239 e. The summed E-state index contributed by atoms with van der Waals surface area (Å²) in [5.41, 5.74) is 1.10. The molecule has 1 aromatic heterocycles. The van der Waals surface area contributed by atoms with E-state index < -0.39 is 0 Å². The van der Waals surface area contributed by atoms with E-state index in [0.29, 0.717) is 11.9 Å². The molecule has 0 saturated carbocycles. The van der Waals surface area contributed by atoms with E-state index in [-0.39, 0.29) is 6.04 Å². The number of carbonyl (C=O) groups excluding carboxylic acids is 1.